The van der Waals surface area contributed by atoms with Crippen LogP contribution in [0.3, 0.4) is 0 Å². The summed E-state index contributed by atoms with van der Waals surface area (Å²) in [7, 11) is 0. The predicted octanol–water partition coefficient (Wildman–Crippen LogP) is 0.603. The Morgan fingerprint density at radius 1 is 1.45 bits per heavy atom. The summed E-state index contributed by atoms with van der Waals surface area (Å²) in [6, 6.07) is -0.245. The van der Waals surface area contributed by atoms with E-state index in [2.05, 4.69) is 5.32 Å². The summed E-state index contributed by atoms with van der Waals surface area (Å²) < 4.78 is 0. The minimum Gasteiger partial charge on any atom is -0.480 e. The molecule has 3 heteroatoms. The number of nitrogens with one attached hydrogen (secondary N) is 1. The first-order valence-corrected chi connectivity index (χ1v) is 4.21. The van der Waals surface area contributed by atoms with E-state index in [1.807, 2.05) is 0 Å². The van der Waals surface area contributed by atoms with Crippen molar-refractivity contribution in [3.63, 3.8) is 0 Å². The largest absolute Gasteiger partial charge is 0.480 e. The van der Waals surface area contributed by atoms with Crippen molar-refractivity contribution >= 4 is 5.97 Å². The number of carboxylic acid groups (broad SMARTS) is 1. The fraction of sp³-hybridized carbons (Fsp3) is 0.875. The first-order chi connectivity index (χ1) is 5.25. The Hall–Kier alpha value is -0.570. The maximum Gasteiger partial charge on any atom is 0.321 e. The maximum absolute atomic E-state index is 10.7. The summed E-state index contributed by atoms with van der Waals surface area (Å²) >= 11 is 0. The summed E-state index contributed by atoms with van der Waals surface area (Å²) in [4.78, 5) is 10.7. The van der Waals surface area contributed by atoms with Crippen molar-refractivity contribution in [2.24, 2.45) is 5.41 Å². The lowest BCUT2D eigenvalue weighted by molar-refractivity contribution is -0.147. The van der Waals surface area contributed by atoms with E-state index in [0.717, 1.165) is 19.4 Å². The van der Waals surface area contributed by atoms with Gasteiger partial charge in [0, 0.05) is 12.0 Å². The zero-order valence-electron chi connectivity index (χ0n) is 6.47. The summed E-state index contributed by atoms with van der Waals surface area (Å²) in [6.45, 7) is 0.921. The highest BCUT2D eigenvalue weighted by molar-refractivity contribution is 5.76. The first kappa shape index (κ1) is 7.10. The molecule has 1 spiro atoms. The smallest absolute Gasteiger partial charge is 0.321 e. The van der Waals surface area contributed by atoms with Gasteiger partial charge in [-0.3, -0.25) is 4.79 Å². The van der Waals surface area contributed by atoms with Crippen LogP contribution < -0.4 is 5.32 Å². The molecule has 1 saturated carbocycles. The Morgan fingerprint density at radius 3 is 2.45 bits per heavy atom. The molecule has 2 fully saturated rings. The van der Waals surface area contributed by atoms with Gasteiger partial charge in [0.05, 0.1) is 0 Å². The molecule has 2 rings (SSSR count). The second-order valence-corrected chi connectivity index (χ2v) is 3.72. The number of aliphatic carboxylic acids is 1. The van der Waals surface area contributed by atoms with Crippen LogP contribution in [0.25, 0.3) is 0 Å². The predicted molar refractivity (Wildman–Crippen MR) is 40.3 cm³/mol. The van der Waals surface area contributed by atoms with Gasteiger partial charge in [-0.1, -0.05) is 12.8 Å². The molecule has 0 aromatic carbocycles. The van der Waals surface area contributed by atoms with E-state index in [1.54, 1.807) is 0 Å². The van der Waals surface area contributed by atoms with E-state index in [1.165, 1.54) is 12.8 Å². The van der Waals surface area contributed by atoms with Gasteiger partial charge in [-0.15, -0.1) is 0 Å². The van der Waals surface area contributed by atoms with Crippen LogP contribution in [0, 0.1) is 5.41 Å². The summed E-state index contributed by atoms with van der Waals surface area (Å²) in [5.41, 5.74) is 0.145. The Morgan fingerprint density at radius 2 is 2.09 bits per heavy atom. The molecule has 0 amide bonds. The van der Waals surface area contributed by atoms with Gasteiger partial charge in [0.15, 0.2) is 0 Å². The van der Waals surface area contributed by atoms with E-state index in [0.29, 0.717) is 0 Å². The molecule has 2 N–H and O–H groups in total. The van der Waals surface area contributed by atoms with Crippen molar-refractivity contribution in [1.29, 1.82) is 0 Å². The van der Waals surface area contributed by atoms with Gasteiger partial charge in [-0.25, -0.2) is 0 Å². The Balaban J connectivity index is 2.09. The molecule has 0 aromatic heterocycles. The Bertz CT molecular complexity index is 185. The maximum atomic E-state index is 10.7. The molecule has 2 aliphatic rings. The van der Waals surface area contributed by atoms with Crippen LogP contribution in [0.15, 0.2) is 0 Å². The summed E-state index contributed by atoms with van der Waals surface area (Å²) in [5, 5.41) is 11.8. The third-order valence-corrected chi connectivity index (χ3v) is 3.12. The highest BCUT2D eigenvalue weighted by Gasteiger charge is 2.51. The van der Waals surface area contributed by atoms with Gasteiger partial charge in [-0.05, 0) is 12.8 Å². The second-order valence-electron chi connectivity index (χ2n) is 3.72. The van der Waals surface area contributed by atoms with Crippen molar-refractivity contribution in [1.82, 2.24) is 5.32 Å². The van der Waals surface area contributed by atoms with Crippen molar-refractivity contribution < 1.29 is 9.90 Å². The fourth-order valence-corrected chi connectivity index (χ4v) is 2.39. The molecule has 3 nitrogen and oxygen atoms in total. The van der Waals surface area contributed by atoms with Crippen LogP contribution in [0.5, 0.6) is 0 Å². The highest BCUT2D eigenvalue weighted by atomic mass is 16.4. The van der Waals surface area contributed by atoms with Crippen LogP contribution in [-0.4, -0.2) is 23.7 Å². The SMILES string of the molecule is O=C(O)[C@H]1NCC12CCCC2. The number of hydrogen-bond acceptors (Lipinski definition) is 2. The third-order valence-electron chi connectivity index (χ3n) is 3.12. The summed E-state index contributed by atoms with van der Waals surface area (Å²) in [5.74, 6) is -0.668. The molecule has 0 unspecified atom stereocenters. The van der Waals surface area contributed by atoms with Crippen LogP contribution in [-0.2, 0) is 4.79 Å². The third kappa shape index (κ3) is 0.872. The van der Waals surface area contributed by atoms with Crippen LogP contribution >= 0.6 is 0 Å². The molecular formula is C8H13NO2. The molecule has 0 aromatic rings. The molecule has 11 heavy (non-hydrogen) atoms. The number of hydrogen-bond donors (Lipinski definition) is 2. The van der Waals surface area contributed by atoms with Gasteiger partial charge in [0.1, 0.15) is 6.04 Å². The van der Waals surface area contributed by atoms with Crippen LogP contribution in [0.1, 0.15) is 25.7 Å². The molecule has 0 bridgehead atoms. The average molecular weight is 155 g/mol. The average Bonchev–Trinajstić information content (AvgIpc) is 2.31. The lowest BCUT2D eigenvalue weighted by Crippen LogP contribution is -2.64. The van der Waals surface area contributed by atoms with E-state index in [-0.39, 0.29) is 11.5 Å². The van der Waals surface area contributed by atoms with Crippen LogP contribution in [0.4, 0.5) is 0 Å². The van der Waals surface area contributed by atoms with Crippen LogP contribution in [0.2, 0.25) is 0 Å². The second kappa shape index (κ2) is 2.21. The number of carbonyl (C=O) groups is 1. The lowest BCUT2D eigenvalue weighted by Gasteiger charge is -2.45. The normalized spacial score (nSPS) is 33.6. The molecule has 0 radical (unpaired) electrons. The minimum atomic E-state index is -0.668. The first-order valence-electron chi connectivity index (χ1n) is 4.21. The molecule has 1 aliphatic heterocycles. The van der Waals surface area contributed by atoms with Crippen molar-refractivity contribution in [3.05, 3.63) is 0 Å². The van der Waals surface area contributed by atoms with E-state index in [4.69, 9.17) is 5.11 Å². The molecular weight excluding hydrogens is 142 g/mol. The van der Waals surface area contributed by atoms with Crippen molar-refractivity contribution in [2.45, 2.75) is 31.7 Å². The zero-order valence-corrected chi connectivity index (χ0v) is 6.47. The molecule has 1 aliphatic carbocycles. The standard InChI is InChI=1S/C8H13NO2/c10-7(11)6-8(5-9-6)3-1-2-4-8/h6,9H,1-5H2,(H,10,11)/t6-/m1/s1. The number of carboxylic acids is 1. The molecule has 1 saturated heterocycles. The Kier molecular flexibility index (Phi) is 1.42. The monoisotopic (exact) mass is 155 g/mol. The van der Waals surface area contributed by atoms with Crippen molar-refractivity contribution in [3.8, 4) is 0 Å². The summed E-state index contributed by atoms with van der Waals surface area (Å²) in [6.07, 6.45) is 4.64. The topological polar surface area (TPSA) is 49.3 Å². The number of rotatable bonds is 1. The van der Waals surface area contributed by atoms with Gasteiger partial charge in [-0.2, -0.15) is 0 Å². The van der Waals surface area contributed by atoms with E-state index in [9.17, 15) is 4.79 Å². The van der Waals surface area contributed by atoms with E-state index >= 15 is 0 Å². The zero-order chi connectivity index (χ0) is 7.90. The molecule has 62 valence electrons. The van der Waals surface area contributed by atoms with E-state index < -0.39 is 5.97 Å². The fourth-order valence-electron chi connectivity index (χ4n) is 2.39. The lowest BCUT2D eigenvalue weighted by atomic mass is 9.72. The Labute approximate surface area is 65.8 Å². The van der Waals surface area contributed by atoms with Gasteiger partial charge in [0.2, 0.25) is 0 Å². The highest BCUT2D eigenvalue weighted by Crippen LogP contribution is 2.45. The van der Waals surface area contributed by atoms with Gasteiger partial charge < -0.3 is 10.4 Å². The van der Waals surface area contributed by atoms with Gasteiger partial charge in [0.25, 0.3) is 0 Å². The molecule has 1 atom stereocenters. The molecule has 1 heterocycles. The van der Waals surface area contributed by atoms with Crippen molar-refractivity contribution in [2.75, 3.05) is 6.54 Å². The quantitative estimate of drug-likeness (QED) is 0.583. The van der Waals surface area contributed by atoms with Gasteiger partial charge >= 0.3 is 5.97 Å². The minimum absolute atomic E-state index is 0.145.